The van der Waals surface area contributed by atoms with E-state index in [1.54, 1.807) is 31.4 Å². The van der Waals surface area contributed by atoms with Gasteiger partial charge < -0.3 is 15.4 Å². The largest absolute Gasteiger partial charge is 0.497 e. The van der Waals surface area contributed by atoms with Crippen molar-refractivity contribution < 1.29 is 14.3 Å². The zero-order chi connectivity index (χ0) is 21.5. The maximum atomic E-state index is 12.4. The highest BCUT2D eigenvalue weighted by molar-refractivity contribution is 8.00. The number of aryl methyl sites for hydroxylation is 1. The van der Waals surface area contributed by atoms with Crippen molar-refractivity contribution in [1.29, 1.82) is 0 Å². The Labute approximate surface area is 180 Å². The summed E-state index contributed by atoms with van der Waals surface area (Å²) in [5.74, 6) is 0.683. The van der Waals surface area contributed by atoms with Crippen molar-refractivity contribution in [1.82, 2.24) is 0 Å². The van der Waals surface area contributed by atoms with Crippen LogP contribution in [0.4, 0.5) is 11.4 Å². The predicted molar refractivity (Wildman–Crippen MR) is 123 cm³/mol. The molecule has 0 radical (unpaired) electrons. The minimum absolute atomic E-state index is 0.0518. The molecule has 2 N–H and O–H groups in total. The Morgan fingerprint density at radius 3 is 2.40 bits per heavy atom. The topological polar surface area (TPSA) is 67.4 Å². The van der Waals surface area contributed by atoms with Crippen LogP contribution < -0.4 is 15.4 Å². The second-order valence-electron chi connectivity index (χ2n) is 6.79. The van der Waals surface area contributed by atoms with Crippen LogP contribution >= 0.6 is 11.8 Å². The number of hydrogen-bond donors (Lipinski definition) is 2. The molecule has 6 heteroatoms. The van der Waals surface area contributed by atoms with Gasteiger partial charge in [-0.1, -0.05) is 18.2 Å². The SMILES string of the molecule is COc1cccc(C(=O)Nc2ccc(SCC(=O)Nc3cccc(C)c3C)cc2)c1. The summed E-state index contributed by atoms with van der Waals surface area (Å²) in [5, 5.41) is 5.82. The second kappa shape index (κ2) is 9.98. The number of carbonyl (C=O) groups is 2. The van der Waals surface area contributed by atoms with Crippen LogP contribution in [0.15, 0.2) is 71.6 Å². The number of thioether (sulfide) groups is 1. The van der Waals surface area contributed by atoms with Crippen LogP contribution in [0.1, 0.15) is 21.5 Å². The summed E-state index contributed by atoms with van der Waals surface area (Å²) in [5.41, 5.74) is 4.28. The molecule has 0 atom stereocenters. The van der Waals surface area contributed by atoms with Gasteiger partial charge in [-0.2, -0.15) is 0 Å². The van der Waals surface area contributed by atoms with Crippen molar-refractivity contribution in [3.63, 3.8) is 0 Å². The zero-order valence-corrected chi connectivity index (χ0v) is 18.0. The molecular weight excluding hydrogens is 396 g/mol. The zero-order valence-electron chi connectivity index (χ0n) is 17.2. The Morgan fingerprint density at radius 2 is 1.67 bits per heavy atom. The van der Waals surface area contributed by atoms with Crippen molar-refractivity contribution in [2.45, 2.75) is 18.7 Å². The van der Waals surface area contributed by atoms with E-state index >= 15 is 0 Å². The fourth-order valence-electron chi connectivity index (χ4n) is 2.82. The number of anilines is 2. The van der Waals surface area contributed by atoms with Gasteiger partial charge in [-0.05, 0) is 73.5 Å². The Bertz CT molecular complexity index is 1050. The van der Waals surface area contributed by atoms with Crippen LogP contribution in [-0.4, -0.2) is 24.7 Å². The molecule has 5 nitrogen and oxygen atoms in total. The summed E-state index contributed by atoms with van der Waals surface area (Å²) in [6, 6.07) is 20.3. The van der Waals surface area contributed by atoms with E-state index in [9.17, 15) is 9.59 Å². The molecule has 30 heavy (non-hydrogen) atoms. The second-order valence-corrected chi connectivity index (χ2v) is 7.84. The highest BCUT2D eigenvalue weighted by atomic mass is 32.2. The number of benzene rings is 3. The summed E-state index contributed by atoms with van der Waals surface area (Å²) < 4.78 is 5.15. The number of methoxy groups -OCH3 is 1. The molecule has 0 unspecified atom stereocenters. The van der Waals surface area contributed by atoms with E-state index in [1.807, 2.05) is 56.3 Å². The molecule has 0 aliphatic heterocycles. The van der Waals surface area contributed by atoms with Gasteiger partial charge in [0.05, 0.1) is 12.9 Å². The van der Waals surface area contributed by atoms with E-state index in [-0.39, 0.29) is 11.8 Å². The van der Waals surface area contributed by atoms with Gasteiger partial charge in [0.15, 0.2) is 0 Å². The van der Waals surface area contributed by atoms with Gasteiger partial charge in [-0.25, -0.2) is 0 Å². The molecule has 0 saturated carbocycles. The third-order valence-corrected chi connectivity index (χ3v) is 5.70. The fraction of sp³-hybridized carbons (Fsp3) is 0.167. The molecule has 154 valence electrons. The van der Waals surface area contributed by atoms with Gasteiger partial charge >= 0.3 is 0 Å². The van der Waals surface area contributed by atoms with E-state index in [1.165, 1.54) is 11.8 Å². The first-order valence-electron chi connectivity index (χ1n) is 9.50. The lowest BCUT2D eigenvalue weighted by Gasteiger charge is -2.10. The van der Waals surface area contributed by atoms with Crippen LogP contribution in [0.2, 0.25) is 0 Å². The average molecular weight is 421 g/mol. The number of nitrogens with one attached hydrogen (secondary N) is 2. The molecule has 3 aromatic carbocycles. The summed E-state index contributed by atoms with van der Waals surface area (Å²) in [6.07, 6.45) is 0. The minimum atomic E-state index is -0.206. The molecule has 0 aliphatic rings. The molecule has 0 bridgehead atoms. The van der Waals surface area contributed by atoms with Crippen molar-refractivity contribution in [2.24, 2.45) is 0 Å². The van der Waals surface area contributed by atoms with Gasteiger partial charge in [-0.3, -0.25) is 9.59 Å². The lowest BCUT2D eigenvalue weighted by atomic mass is 10.1. The molecule has 0 aliphatic carbocycles. The molecule has 0 aromatic heterocycles. The highest BCUT2D eigenvalue weighted by Gasteiger charge is 2.09. The number of hydrogen-bond acceptors (Lipinski definition) is 4. The quantitative estimate of drug-likeness (QED) is 0.509. The van der Waals surface area contributed by atoms with Crippen LogP contribution in [0, 0.1) is 13.8 Å². The molecule has 3 rings (SSSR count). The average Bonchev–Trinajstić information content (AvgIpc) is 2.76. The summed E-state index contributed by atoms with van der Waals surface area (Å²) in [6.45, 7) is 4.02. The third kappa shape index (κ3) is 5.64. The first-order chi connectivity index (χ1) is 14.5. The Morgan fingerprint density at radius 1 is 0.933 bits per heavy atom. The monoisotopic (exact) mass is 420 g/mol. The van der Waals surface area contributed by atoms with Gasteiger partial charge in [-0.15, -0.1) is 11.8 Å². The Kier molecular flexibility index (Phi) is 7.14. The lowest BCUT2D eigenvalue weighted by molar-refractivity contribution is -0.113. The first kappa shape index (κ1) is 21.5. The molecular formula is C24H24N2O3S. The van der Waals surface area contributed by atoms with Crippen LogP contribution in [0.3, 0.4) is 0 Å². The van der Waals surface area contributed by atoms with Crippen molar-refractivity contribution in [3.8, 4) is 5.75 Å². The van der Waals surface area contributed by atoms with E-state index in [0.717, 1.165) is 21.7 Å². The maximum absolute atomic E-state index is 12.4. The molecule has 0 spiro atoms. The standard InChI is InChI=1S/C24H24N2O3S/c1-16-6-4-9-22(17(16)2)26-23(27)15-30-21-12-10-19(11-13-21)25-24(28)18-7-5-8-20(14-18)29-3/h4-14H,15H2,1-3H3,(H,25,28)(H,26,27). The van der Waals surface area contributed by atoms with E-state index in [2.05, 4.69) is 10.6 Å². The van der Waals surface area contributed by atoms with Crippen molar-refractivity contribution in [3.05, 3.63) is 83.4 Å². The predicted octanol–water partition coefficient (Wildman–Crippen LogP) is 5.30. The highest BCUT2D eigenvalue weighted by Crippen LogP contribution is 2.23. The smallest absolute Gasteiger partial charge is 0.255 e. The molecule has 2 amide bonds. The van der Waals surface area contributed by atoms with E-state index in [4.69, 9.17) is 4.74 Å². The maximum Gasteiger partial charge on any atom is 0.255 e. The van der Waals surface area contributed by atoms with Gasteiger partial charge in [0, 0.05) is 21.8 Å². The molecule has 0 heterocycles. The van der Waals surface area contributed by atoms with Crippen LogP contribution in [0.5, 0.6) is 5.75 Å². The first-order valence-corrected chi connectivity index (χ1v) is 10.5. The number of amides is 2. The van der Waals surface area contributed by atoms with E-state index in [0.29, 0.717) is 22.8 Å². The van der Waals surface area contributed by atoms with Crippen molar-refractivity contribution >= 4 is 35.0 Å². The van der Waals surface area contributed by atoms with Crippen LogP contribution in [0.25, 0.3) is 0 Å². The normalized spacial score (nSPS) is 10.4. The van der Waals surface area contributed by atoms with Gasteiger partial charge in [0.25, 0.3) is 5.91 Å². The third-order valence-electron chi connectivity index (χ3n) is 4.69. The Hall–Kier alpha value is -3.25. The van der Waals surface area contributed by atoms with E-state index < -0.39 is 0 Å². The summed E-state index contributed by atoms with van der Waals surface area (Å²) in [7, 11) is 1.57. The van der Waals surface area contributed by atoms with Gasteiger partial charge in [0.2, 0.25) is 5.91 Å². The molecule has 0 fully saturated rings. The van der Waals surface area contributed by atoms with Crippen LogP contribution in [-0.2, 0) is 4.79 Å². The molecule has 0 saturated heterocycles. The summed E-state index contributed by atoms with van der Waals surface area (Å²) in [4.78, 5) is 25.6. The van der Waals surface area contributed by atoms with Gasteiger partial charge in [0.1, 0.15) is 5.75 Å². The van der Waals surface area contributed by atoms with Crippen molar-refractivity contribution in [2.75, 3.05) is 23.5 Å². The summed E-state index contributed by atoms with van der Waals surface area (Å²) >= 11 is 1.45. The lowest BCUT2D eigenvalue weighted by Crippen LogP contribution is -2.15. The molecule has 3 aromatic rings. The number of rotatable bonds is 7. The number of ether oxygens (including phenoxy) is 1. The fourth-order valence-corrected chi connectivity index (χ4v) is 3.52. The number of carbonyl (C=O) groups excluding carboxylic acids is 2. The minimum Gasteiger partial charge on any atom is -0.497 e. The Balaban J connectivity index is 1.53.